The van der Waals surface area contributed by atoms with Crippen molar-refractivity contribution in [3.8, 4) is 0 Å². The molecule has 1 aromatic carbocycles. The van der Waals surface area contributed by atoms with Gasteiger partial charge in [0.25, 0.3) is 0 Å². The molecule has 82 valence electrons. The van der Waals surface area contributed by atoms with Crippen LogP contribution in [0.15, 0.2) is 24.3 Å². The van der Waals surface area contributed by atoms with Crippen molar-refractivity contribution in [3.63, 3.8) is 0 Å². The summed E-state index contributed by atoms with van der Waals surface area (Å²) >= 11 is 12.3. The van der Waals surface area contributed by atoms with E-state index in [2.05, 4.69) is 0 Å². The number of hydrogen-bond acceptors (Lipinski definition) is 3. The first-order valence-electron chi connectivity index (χ1n) is 4.64. The van der Waals surface area contributed by atoms with Gasteiger partial charge in [-0.3, -0.25) is 0 Å². The number of halogens is 1. The summed E-state index contributed by atoms with van der Waals surface area (Å²) < 4.78 is 6.34. The highest BCUT2D eigenvalue weighted by Gasteiger charge is 1.94. The monoisotopic (exact) mass is 260 g/mol. The molecule has 0 unspecified atom stereocenters. The smallest absolute Gasteiger partial charge is 0.0972 e. The minimum Gasteiger partial charge on any atom is -0.370 e. The van der Waals surface area contributed by atoms with Gasteiger partial charge in [0.2, 0.25) is 0 Å². The zero-order valence-corrected chi connectivity index (χ0v) is 10.9. The molecule has 15 heavy (non-hydrogen) atoms. The quantitative estimate of drug-likeness (QED) is 0.451. The summed E-state index contributed by atoms with van der Waals surface area (Å²) in [5.41, 5.74) is 1.24. The van der Waals surface area contributed by atoms with Crippen LogP contribution in [0.5, 0.6) is 0 Å². The molecule has 0 atom stereocenters. The second-order valence-electron chi connectivity index (χ2n) is 3.04. The highest BCUT2D eigenvalue weighted by Crippen LogP contribution is 2.10. The van der Waals surface area contributed by atoms with E-state index in [1.165, 1.54) is 5.56 Å². The molecule has 1 aromatic rings. The standard InChI is InChI=1S/C11H13ClOS2/c1-9(14)15-8-13-7-6-10-2-4-11(12)5-3-10/h2-5H,6-8H2,1H3. The van der Waals surface area contributed by atoms with Gasteiger partial charge in [-0.1, -0.05) is 47.7 Å². The molecular weight excluding hydrogens is 248 g/mol. The molecular formula is C11H13ClOS2. The Balaban J connectivity index is 2.15. The fourth-order valence-corrected chi connectivity index (χ4v) is 1.66. The largest absolute Gasteiger partial charge is 0.370 e. The predicted octanol–water partition coefficient (Wildman–Crippen LogP) is 3.94. The molecule has 0 fully saturated rings. The average molecular weight is 261 g/mol. The van der Waals surface area contributed by atoms with Crippen LogP contribution in [0.25, 0.3) is 0 Å². The second kappa shape index (κ2) is 7.23. The molecule has 0 aliphatic rings. The highest BCUT2D eigenvalue weighted by atomic mass is 35.5. The van der Waals surface area contributed by atoms with Crippen LogP contribution < -0.4 is 0 Å². The third kappa shape index (κ3) is 6.15. The molecule has 0 saturated heterocycles. The molecule has 0 saturated carbocycles. The maximum absolute atomic E-state index is 5.78. The van der Waals surface area contributed by atoms with E-state index in [4.69, 9.17) is 28.6 Å². The van der Waals surface area contributed by atoms with Gasteiger partial charge in [-0.15, -0.1) is 0 Å². The molecule has 0 spiro atoms. The van der Waals surface area contributed by atoms with Crippen molar-refractivity contribution in [2.45, 2.75) is 13.3 Å². The van der Waals surface area contributed by atoms with Gasteiger partial charge in [0.1, 0.15) is 0 Å². The third-order valence-electron chi connectivity index (χ3n) is 1.79. The first-order valence-corrected chi connectivity index (χ1v) is 6.41. The van der Waals surface area contributed by atoms with E-state index in [0.717, 1.165) is 22.2 Å². The molecule has 0 amide bonds. The van der Waals surface area contributed by atoms with Crippen molar-refractivity contribution >= 4 is 39.8 Å². The van der Waals surface area contributed by atoms with Gasteiger partial charge < -0.3 is 4.74 Å². The number of thiocarbonyl (C=S) groups is 1. The van der Waals surface area contributed by atoms with Gasteiger partial charge in [-0.25, -0.2) is 0 Å². The molecule has 0 radical (unpaired) electrons. The number of thioether (sulfide) groups is 1. The van der Waals surface area contributed by atoms with Gasteiger partial charge in [-0.05, 0) is 31.0 Å². The first kappa shape index (κ1) is 13.0. The van der Waals surface area contributed by atoms with Crippen LogP contribution in [0.2, 0.25) is 5.02 Å². The van der Waals surface area contributed by atoms with Gasteiger partial charge in [-0.2, -0.15) is 0 Å². The van der Waals surface area contributed by atoms with E-state index in [-0.39, 0.29) is 0 Å². The Morgan fingerprint density at radius 3 is 2.67 bits per heavy atom. The van der Waals surface area contributed by atoms with E-state index in [1.807, 2.05) is 31.2 Å². The Morgan fingerprint density at radius 2 is 2.07 bits per heavy atom. The van der Waals surface area contributed by atoms with E-state index < -0.39 is 0 Å². The zero-order chi connectivity index (χ0) is 11.1. The van der Waals surface area contributed by atoms with Crippen LogP contribution in [-0.4, -0.2) is 16.7 Å². The van der Waals surface area contributed by atoms with Crippen molar-refractivity contribution in [1.29, 1.82) is 0 Å². The number of ether oxygens (including phenoxy) is 1. The molecule has 0 aromatic heterocycles. The Hall–Kier alpha value is -0.0900. The van der Waals surface area contributed by atoms with Crippen LogP contribution in [0, 0.1) is 0 Å². The predicted molar refractivity (Wildman–Crippen MR) is 71.8 cm³/mol. The van der Waals surface area contributed by atoms with Gasteiger partial charge in [0.15, 0.2) is 0 Å². The maximum Gasteiger partial charge on any atom is 0.0972 e. The topological polar surface area (TPSA) is 9.23 Å². The lowest BCUT2D eigenvalue weighted by Gasteiger charge is -2.03. The highest BCUT2D eigenvalue weighted by molar-refractivity contribution is 8.22. The minimum absolute atomic E-state index is 0.642. The van der Waals surface area contributed by atoms with Crippen LogP contribution in [0.1, 0.15) is 12.5 Å². The van der Waals surface area contributed by atoms with Crippen molar-refractivity contribution in [2.75, 3.05) is 12.5 Å². The maximum atomic E-state index is 5.78. The third-order valence-corrected chi connectivity index (χ3v) is 3.09. The van der Waals surface area contributed by atoms with Crippen LogP contribution in [-0.2, 0) is 11.2 Å². The van der Waals surface area contributed by atoms with Crippen molar-refractivity contribution in [2.24, 2.45) is 0 Å². The van der Waals surface area contributed by atoms with E-state index in [0.29, 0.717) is 5.94 Å². The van der Waals surface area contributed by atoms with Crippen molar-refractivity contribution in [3.05, 3.63) is 34.9 Å². The minimum atomic E-state index is 0.642. The molecule has 4 heteroatoms. The molecule has 0 aliphatic carbocycles. The average Bonchev–Trinajstić information content (AvgIpc) is 2.20. The molecule has 0 aliphatic heterocycles. The summed E-state index contributed by atoms with van der Waals surface area (Å²) in [7, 11) is 0. The second-order valence-corrected chi connectivity index (χ2v) is 5.48. The Bertz CT molecular complexity index is 311. The van der Waals surface area contributed by atoms with Crippen LogP contribution in [0.3, 0.4) is 0 Å². The van der Waals surface area contributed by atoms with E-state index in [9.17, 15) is 0 Å². The Labute approximate surface area is 105 Å². The van der Waals surface area contributed by atoms with Crippen molar-refractivity contribution in [1.82, 2.24) is 0 Å². The lowest BCUT2D eigenvalue weighted by Crippen LogP contribution is -1.98. The van der Waals surface area contributed by atoms with Crippen molar-refractivity contribution < 1.29 is 4.74 Å². The summed E-state index contributed by atoms with van der Waals surface area (Å²) in [5, 5.41) is 0.770. The number of rotatable bonds is 5. The molecule has 1 nitrogen and oxygen atoms in total. The lowest BCUT2D eigenvalue weighted by atomic mass is 10.2. The summed E-state index contributed by atoms with van der Waals surface area (Å²) in [5.74, 6) is 0.642. The Kier molecular flexibility index (Phi) is 6.25. The van der Waals surface area contributed by atoms with Crippen LogP contribution in [0.4, 0.5) is 0 Å². The zero-order valence-electron chi connectivity index (χ0n) is 8.53. The summed E-state index contributed by atoms with van der Waals surface area (Å²) in [6.45, 7) is 2.62. The fraction of sp³-hybridized carbons (Fsp3) is 0.364. The van der Waals surface area contributed by atoms with E-state index in [1.54, 1.807) is 11.8 Å². The lowest BCUT2D eigenvalue weighted by molar-refractivity contribution is 0.187. The van der Waals surface area contributed by atoms with Gasteiger partial charge >= 0.3 is 0 Å². The fourth-order valence-electron chi connectivity index (χ4n) is 1.02. The molecule has 0 heterocycles. The summed E-state index contributed by atoms with van der Waals surface area (Å²) in [4.78, 5) is 0. The number of benzene rings is 1. The molecule has 0 N–H and O–H groups in total. The Morgan fingerprint density at radius 1 is 1.40 bits per heavy atom. The van der Waals surface area contributed by atoms with Crippen LogP contribution >= 0.6 is 35.6 Å². The van der Waals surface area contributed by atoms with Gasteiger partial charge in [0, 0.05) is 9.22 Å². The molecule has 0 bridgehead atoms. The number of hydrogen-bond donors (Lipinski definition) is 0. The SMILES string of the molecule is CC(=S)SCOCCc1ccc(Cl)cc1. The van der Waals surface area contributed by atoms with E-state index >= 15 is 0 Å². The first-order chi connectivity index (χ1) is 7.18. The van der Waals surface area contributed by atoms with Gasteiger partial charge in [0.05, 0.1) is 12.5 Å². The summed E-state index contributed by atoms with van der Waals surface area (Å²) in [6.07, 6.45) is 0.911. The summed E-state index contributed by atoms with van der Waals surface area (Å²) in [6, 6.07) is 7.83. The normalized spacial score (nSPS) is 10.3. The molecule has 1 rings (SSSR count).